The summed E-state index contributed by atoms with van der Waals surface area (Å²) in [6, 6.07) is 5.94. The molecule has 92 valence electrons. The fourth-order valence-electron chi connectivity index (χ4n) is 2.04. The third kappa shape index (κ3) is 2.77. The normalized spacial score (nSPS) is 17.5. The third-order valence-electron chi connectivity index (χ3n) is 3.30. The Kier molecular flexibility index (Phi) is 3.33. The van der Waals surface area contributed by atoms with E-state index >= 15 is 0 Å². The standard InChI is InChI=1S/C13H19N3O/c1-10-3-4-12(14)7-11(10)8-16-6-5-15(2)13(17)9-16/h3-4,7H,5-6,8-9,14H2,1-2H3. The SMILES string of the molecule is Cc1ccc(N)cc1CN1CCN(C)C(=O)C1. The van der Waals surface area contributed by atoms with Crippen LogP contribution in [0.1, 0.15) is 11.1 Å². The van der Waals surface area contributed by atoms with E-state index in [0.717, 1.165) is 25.3 Å². The van der Waals surface area contributed by atoms with Gasteiger partial charge in [0.1, 0.15) is 0 Å². The van der Waals surface area contributed by atoms with E-state index in [9.17, 15) is 4.79 Å². The number of rotatable bonds is 2. The molecule has 1 aliphatic rings. The average Bonchev–Trinajstić information content (AvgIpc) is 2.29. The first-order chi connectivity index (χ1) is 8.06. The molecule has 0 radical (unpaired) electrons. The van der Waals surface area contributed by atoms with Crippen molar-refractivity contribution in [1.82, 2.24) is 9.80 Å². The minimum Gasteiger partial charge on any atom is -0.399 e. The highest BCUT2D eigenvalue weighted by Gasteiger charge is 2.21. The van der Waals surface area contributed by atoms with E-state index < -0.39 is 0 Å². The number of likely N-dealkylation sites (N-methyl/N-ethyl adjacent to an activating group) is 1. The number of hydrogen-bond donors (Lipinski definition) is 1. The molecule has 0 atom stereocenters. The number of amides is 1. The maximum Gasteiger partial charge on any atom is 0.236 e. The number of benzene rings is 1. The molecule has 1 aliphatic heterocycles. The van der Waals surface area contributed by atoms with Crippen LogP contribution in [0.25, 0.3) is 0 Å². The Hall–Kier alpha value is -1.55. The maximum atomic E-state index is 11.6. The fourth-order valence-corrected chi connectivity index (χ4v) is 2.04. The highest BCUT2D eigenvalue weighted by atomic mass is 16.2. The van der Waals surface area contributed by atoms with Crippen LogP contribution in [0.5, 0.6) is 0 Å². The molecule has 0 unspecified atom stereocenters. The van der Waals surface area contributed by atoms with Crippen molar-refractivity contribution >= 4 is 11.6 Å². The number of nitrogens with zero attached hydrogens (tertiary/aromatic N) is 2. The van der Waals surface area contributed by atoms with Crippen molar-refractivity contribution in [2.24, 2.45) is 0 Å². The molecule has 0 spiro atoms. The molecule has 0 aromatic heterocycles. The van der Waals surface area contributed by atoms with Crippen LogP contribution >= 0.6 is 0 Å². The van der Waals surface area contributed by atoms with Gasteiger partial charge in [-0.15, -0.1) is 0 Å². The molecular formula is C13H19N3O. The van der Waals surface area contributed by atoms with Gasteiger partial charge in [-0.2, -0.15) is 0 Å². The first kappa shape index (κ1) is 11.9. The van der Waals surface area contributed by atoms with Gasteiger partial charge in [-0.1, -0.05) is 6.07 Å². The number of nitrogen functional groups attached to an aromatic ring is 1. The van der Waals surface area contributed by atoms with Gasteiger partial charge in [0.05, 0.1) is 6.54 Å². The van der Waals surface area contributed by atoms with Crippen molar-refractivity contribution in [1.29, 1.82) is 0 Å². The van der Waals surface area contributed by atoms with Crippen LogP contribution in [0.2, 0.25) is 0 Å². The Morgan fingerprint density at radius 2 is 2.12 bits per heavy atom. The summed E-state index contributed by atoms with van der Waals surface area (Å²) < 4.78 is 0. The van der Waals surface area contributed by atoms with E-state index in [4.69, 9.17) is 5.73 Å². The first-order valence-electron chi connectivity index (χ1n) is 5.87. The second kappa shape index (κ2) is 4.75. The van der Waals surface area contributed by atoms with Gasteiger partial charge in [0.15, 0.2) is 0 Å². The molecule has 1 saturated heterocycles. The van der Waals surface area contributed by atoms with E-state index in [1.165, 1.54) is 11.1 Å². The molecule has 1 aromatic rings. The summed E-state index contributed by atoms with van der Waals surface area (Å²) in [5.41, 5.74) is 9.01. The van der Waals surface area contributed by atoms with Gasteiger partial charge in [0.2, 0.25) is 5.91 Å². The molecule has 17 heavy (non-hydrogen) atoms. The Balaban J connectivity index is 2.06. The number of carbonyl (C=O) groups excluding carboxylic acids is 1. The molecule has 1 aromatic carbocycles. The Labute approximate surface area is 102 Å². The molecule has 0 aliphatic carbocycles. The highest BCUT2D eigenvalue weighted by Crippen LogP contribution is 2.16. The number of hydrogen-bond acceptors (Lipinski definition) is 3. The molecule has 4 heteroatoms. The topological polar surface area (TPSA) is 49.6 Å². The van der Waals surface area contributed by atoms with Crippen LogP contribution in [0.3, 0.4) is 0 Å². The van der Waals surface area contributed by atoms with Crippen molar-refractivity contribution in [2.75, 3.05) is 32.4 Å². The first-order valence-corrected chi connectivity index (χ1v) is 5.87. The van der Waals surface area contributed by atoms with E-state index in [0.29, 0.717) is 6.54 Å². The number of piperazine rings is 1. The summed E-state index contributed by atoms with van der Waals surface area (Å²) in [5.74, 6) is 0.192. The number of aryl methyl sites for hydroxylation is 1. The van der Waals surface area contributed by atoms with Gasteiger partial charge in [-0.3, -0.25) is 9.69 Å². The Morgan fingerprint density at radius 1 is 1.35 bits per heavy atom. The smallest absolute Gasteiger partial charge is 0.236 e. The van der Waals surface area contributed by atoms with Crippen molar-refractivity contribution in [3.05, 3.63) is 29.3 Å². The summed E-state index contributed by atoms with van der Waals surface area (Å²) in [7, 11) is 1.85. The molecule has 4 nitrogen and oxygen atoms in total. The third-order valence-corrected chi connectivity index (χ3v) is 3.30. The zero-order valence-corrected chi connectivity index (χ0v) is 10.4. The van der Waals surface area contributed by atoms with Crippen LogP contribution in [-0.2, 0) is 11.3 Å². The second-order valence-electron chi connectivity index (χ2n) is 4.71. The summed E-state index contributed by atoms with van der Waals surface area (Å²) in [4.78, 5) is 15.6. The predicted molar refractivity (Wildman–Crippen MR) is 68.5 cm³/mol. The average molecular weight is 233 g/mol. The molecule has 2 N–H and O–H groups in total. The van der Waals surface area contributed by atoms with Crippen molar-refractivity contribution in [2.45, 2.75) is 13.5 Å². The molecule has 2 rings (SSSR count). The minimum atomic E-state index is 0.192. The van der Waals surface area contributed by atoms with Crippen molar-refractivity contribution in [3.63, 3.8) is 0 Å². The van der Waals surface area contributed by atoms with Gasteiger partial charge in [-0.25, -0.2) is 0 Å². The quantitative estimate of drug-likeness (QED) is 0.770. The van der Waals surface area contributed by atoms with Crippen LogP contribution in [0.15, 0.2) is 18.2 Å². The van der Waals surface area contributed by atoms with Crippen LogP contribution in [0.4, 0.5) is 5.69 Å². The molecule has 1 fully saturated rings. The number of nitrogens with two attached hydrogens (primary N) is 1. The van der Waals surface area contributed by atoms with E-state index in [2.05, 4.69) is 11.8 Å². The lowest BCUT2D eigenvalue weighted by Gasteiger charge is -2.32. The molecule has 1 amide bonds. The molecule has 1 heterocycles. The molecule has 0 bridgehead atoms. The predicted octanol–water partition coefficient (Wildman–Crippen LogP) is 0.851. The highest BCUT2D eigenvalue weighted by molar-refractivity contribution is 5.78. The van der Waals surface area contributed by atoms with Crippen molar-refractivity contribution < 1.29 is 4.79 Å². The molecular weight excluding hydrogens is 214 g/mol. The van der Waals surface area contributed by atoms with Crippen LogP contribution < -0.4 is 5.73 Å². The number of anilines is 1. The lowest BCUT2D eigenvalue weighted by Crippen LogP contribution is -2.48. The summed E-state index contributed by atoms with van der Waals surface area (Å²) in [6.45, 7) is 5.12. The Morgan fingerprint density at radius 3 is 2.82 bits per heavy atom. The molecule has 0 saturated carbocycles. The van der Waals surface area contributed by atoms with E-state index in [1.807, 2.05) is 25.2 Å². The number of carbonyl (C=O) groups is 1. The zero-order chi connectivity index (χ0) is 12.4. The minimum absolute atomic E-state index is 0.192. The lowest BCUT2D eigenvalue weighted by molar-refractivity contribution is -0.134. The van der Waals surface area contributed by atoms with Gasteiger partial charge in [-0.05, 0) is 30.2 Å². The summed E-state index contributed by atoms with van der Waals surface area (Å²) in [6.07, 6.45) is 0. The van der Waals surface area contributed by atoms with Crippen LogP contribution in [-0.4, -0.2) is 42.4 Å². The van der Waals surface area contributed by atoms with Crippen LogP contribution in [0, 0.1) is 6.92 Å². The van der Waals surface area contributed by atoms with Gasteiger partial charge < -0.3 is 10.6 Å². The fraction of sp³-hybridized carbons (Fsp3) is 0.462. The van der Waals surface area contributed by atoms with Gasteiger partial charge >= 0.3 is 0 Å². The maximum absolute atomic E-state index is 11.6. The monoisotopic (exact) mass is 233 g/mol. The van der Waals surface area contributed by atoms with Crippen molar-refractivity contribution in [3.8, 4) is 0 Å². The summed E-state index contributed by atoms with van der Waals surface area (Å²) >= 11 is 0. The second-order valence-corrected chi connectivity index (χ2v) is 4.71. The Bertz CT molecular complexity index is 431. The van der Waals surface area contributed by atoms with Gasteiger partial charge in [0, 0.05) is 32.4 Å². The zero-order valence-electron chi connectivity index (χ0n) is 10.4. The summed E-state index contributed by atoms with van der Waals surface area (Å²) in [5, 5.41) is 0. The van der Waals surface area contributed by atoms with Gasteiger partial charge in [0.25, 0.3) is 0 Å². The van der Waals surface area contributed by atoms with E-state index in [-0.39, 0.29) is 5.91 Å². The van der Waals surface area contributed by atoms with E-state index in [1.54, 1.807) is 4.90 Å². The lowest BCUT2D eigenvalue weighted by atomic mass is 10.1. The largest absolute Gasteiger partial charge is 0.399 e.